The van der Waals surface area contributed by atoms with E-state index in [2.05, 4.69) is 14.5 Å². The number of carbonyl (C=O) groups is 4. The number of fused-ring (bicyclic) bond motifs is 2. The van der Waals surface area contributed by atoms with Crippen LogP contribution in [0, 0.1) is 0 Å². The van der Waals surface area contributed by atoms with Crippen molar-refractivity contribution >= 4 is 46.2 Å². The first kappa shape index (κ1) is 33.3. The summed E-state index contributed by atoms with van der Waals surface area (Å²) in [7, 11) is 7.07. The molecule has 0 bridgehead atoms. The van der Waals surface area contributed by atoms with Gasteiger partial charge in [0.05, 0.1) is 18.2 Å². The third kappa shape index (κ3) is 8.11. The Morgan fingerprint density at radius 1 is 0.804 bits per heavy atom. The van der Waals surface area contributed by atoms with Gasteiger partial charge in [-0.25, -0.2) is 0 Å². The standard InChI is InChI=1S/C33H35N3O10/c1-20(37)42-18-44-31(39)16-36(17-32(40)45-19-43-21(2)38)27-12-7-22(13-30(27)41-6)33-25-10-8-23(34-3)14-28(25)46-29-15-24(35(4)5)9-11-26(29)33/h7-15H,16-19H2,1-6H3. The molecule has 2 aromatic rings. The summed E-state index contributed by atoms with van der Waals surface area (Å²) in [5, 5.41) is 1.61. The SMILES string of the molecule is CN=c1ccc2c(-c3ccc(N(CC(=O)OCOC(C)=O)CC(=O)OCOC(C)=O)c(OC)c3)c3ccc(N(C)C)cc3oc-2c1. The molecule has 0 fully saturated rings. The Hall–Kier alpha value is -5.59. The molecule has 1 aliphatic carbocycles. The van der Waals surface area contributed by atoms with E-state index < -0.39 is 50.6 Å². The Labute approximate surface area is 265 Å². The van der Waals surface area contributed by atoms with Crippen LogP contribution in [0.5, 0.6) is 5.75 Å². The lowest BCUT2D eigenvalue weighted by atomic mass is 9.93. The zero-order chi connectivity index (χ0) is 33.4. The normalized spacial score (nSPS) is 11.2. The van der Waals surface area contributed by atoms with Gasteiger partial charge in [0.15, 0.2) is 0 Å². The predicted molar refractivity (Wildman–Crippen MR) is 168 cm³/mol. The Bertz CT molecular complexity index is 1760. The Balaban J connectivity index is 1.79. The zero-order valence-electron chi connectivity index (χ0n) is 26.4. The average Bonchev–Trinajstić information content (AvgIpc) is 3.02. The average molecular weight is 634 g/mol. The molecule has 0 atom stereocenters. The highest BCUT2D eigenvalue weighted by atomic mass is 16.7. The zero-order valence-corrected chi connectivity index (χ0v) is 26.4. The Morgan fingerprint density at radius 3 is 2.02 bits per heavy atom. The molecule has 0 aromatic heterocycles. The topological polar surface area (TPSA) is 146 Å². The van der Waals surface area contributed by atoms with Crippen LogP contribution in [0.25, 0.3) is 33.4 Å². The first-order valence-electron chi connectivity index (χ1n) is 14.1. The molecular formula is C33H35N3O10. The van der Waals surface area contributed by atoms with Crippen molar-refractivity contribution in [2.75, 3.05) is 64.7 Å². The van der Waals surface area contributed by atoms with E-state index >= 15 is 0 Å². The maximum atomic E-state index is 12.7. The van der Waals surface area contributed by atoms with E-state index in [4.69, 9.17) is 18.6 Å². The van der Waals surface area contributed by atoms with E-state index in [-0.39, 0.29) is 0 Å². The van der Waals surface area contributed by atoms with Crippen molar-refractivity contribution in [2.45, 2.75) is 13.8 Å². The van der Waals surface area contributed by atoms with Crippen LogP contribution in [-0.4, -0.2) is 78.8 Å². The summed E-state index contributed by atoms with van der Waals surface area (Å²) < 4.78 is 31.5. The molecule has 2 aromatic carbocycles. The molecule has 46 heavy (non-hydrogen) atoms. The van der Waals surface area contributed by atoms with Crippen LogP contribution >= 0.6 is 0 Å². The van der Waals surface area contributed by atoms with E-state index in [1.54, 1.807) is 19.2 Å². The second kappa shape index (κ2) is 14.9. The van der Waals surface area contributed by atoms with E-state index in [0.717, 1.165) is 33.1 Å². The lowest BCUT2D eigenvalue weighted by molar-refractivity contribution is -0.165. The molecule has 0 N–H and O–H groups in total. The van der Waals surface area contributed by atoms with Gasteiger partial charge >= 0.3 is 23.9 Å². The second-order valence-corrected chi connectivity index (χ2v) is 10.2. The van der Waals surface area contributed by atoms with Gasteiger partial charge in [-0.3, -0.25) is 24.2 Å². The summed E-state index contributed by atoms with van der Waals surface area (Å²) in [6.07, 6.45) is 0. The molecule has 0 amide bonds. The van der Waals surface area contributed by atoms with Crippen molar-refractivity contribution in [2.24, 2.45) is 4.99 Å². The number of methoxy groups -OCH3 is 1. The minimum absolute atomic E-state index is 0.338. The highest BCUT2D eigenvalue weighted by Gasteiger charge is 2.23. The number of hydrogen-bond acceptors (Lipinski definition) is 13. The second-order valence-electron chi connectivity index (χ2n) is 10.2. The number of rotatable bonds is 12. The van der Waals surface area contributed by atoms with Crippen molar-refractivity contribution in [1.82, 2.24) is 0 Å². The molecule has 0 saturated carbocycles. The minimum atomic E-state index is -0.782. The number of carbonyl (C=O) groups excluding carboxylic acids is 4. The lowest BCUT2D eigenvalue weighted by Gasteiger charge is -2.25. The molecule has 13 nitrogen and oxygen atoms in total. The van der Waals surface area contributed by atoms with Gasteiger partial charge in [-0.15, -0.1) is 0 Å². The fraction of sp³-hybridized carbons (Fsp3) is 0.303. The smallest absolute Gasteiger partial charge is 0.328 e. The lowest BCUT2D eigenvalue weighted by Crippen LogP contribution is -2.37. The highest BCUT2D eigenvalue weighted by Crippen LogP contribution is 2.43. The van der Waals surface area contributed by atoms with Gasteiger partial charge in [-0.05, 0) is 42.0 Å². The summed E-state index contributed by atoms with van der Waals surface area (Å²) in [5.74, 6) is -1.83. The molecule has 4 rings (SSSR count). The summed E-state index contributed by atoms with van der Waals surface area (Å²) in [6, 6.07) is 17.0. The van der Waals surface area contributed by atoms with Gasteiger partial charge in [-0.1, -0.05) is 6.07 Å². The van der Waals surface area contributed by atoms with Gasteiger partial charge in [0.1, 0.15) is 30.2 Å². The van der Waals surface area contributed by atoms with Crippen LogP contribution in [0.15, 0.2) is 64.0 Å². The number of hydrogen-bond donors (Lipinski definition) is 0. The summed E-state index contributed by atoms with van der Waals surface area (Å²) in [5.41, 5.74) is 4.49. The number of nitrogens with zero attached hydrogens (tertiary/aromatic N) is 3. The molecule has 0 spiro atoms. The minimum Gasteiger partial charge on any atom is -0.495 e. The van der Waals surface area contributed by atoms with E-state index in [1.807, 2.05) is 61.5 Å². The van der Waals surface area contributed by atoms with Gasteiger partial charge in [0.25, 0.3) is 0 Å². The van der Waals surface area contributed by atoms with E-state index in [9.17, 15) is 19.2 Å². The summed E-state index contributed by atoms with van der Waals surface area (Å²) >= 11 is 0. The van der Waals surface area contributed by atoms with Gasteiger partial charge < -0.3 is 37.9 Å². The molecule has 13 heteroatoms. The molecule has 242 valence electrons. The molecule has 2 aliphatic rings. The Morgan fingerprint density at radius 2 is 1.46 bits per heavy atom. The molecule has 1 heterocycles. The van der Waals surface area contributed by atoms with Gasteiger partial charge in [-0.2, -0.15) is 0 Å². The fourth-order valence-electron chi connectivity index (χ4n) is 4.68. The first-order chi connectivity index (χ1) is 22.0. The van der Waals surface area contributed by atoms with Crippen LogP contribution in [0.3, 0.4) is 0 Å². The number of ether oxygens (including phenoxy) is 5. The molecule has 0 radical (unpaired) electrons. The third-order valence-electron chi connectivity index (χ3n) is 6.88. The van der Waals surface area contributed by atoms with Crippen LogP contribution in [0.2, 0.25) is 0 Å². The quantitative estimate of drug-likeness (QED) is 0.127. The van der Waals surface area contributed by atoms with Crippen LogP contribution in [-0.2, 0) is 38.1 Å². The maximum Gasteiger partial charge on any atom is 0.328 e. The van der Waals surface area contributed by atoms with E-state index in [1.165, 1.54) is 25.9 Å². The van der Waals surface area contributed by atoms with Crippen molar-refractivity contribution in [3.8, 4) is 28.2 Å². The molecule has 0 saturated heterocycles. The predicted octanol–water partition coefficient (Wildman–Crippen LogP) is 3.74. The number of esters is 4. The largest absolute Gasteiger partial charge is 0.495 e. The van der Waals surface area contributed by atoms with Crippen molar-refractivity contribution in [3.63, 3.8) is 0 Å². The van der Waals surface area contributed by atoms with E-state index in [0.29, 0.717) is 22.8 Å². The first-order valence-corrected chi connectivity index (χ1v) is 14.1. The number of anilines is 2. The number of benzene rings is 3. The highest BCUT2D eigenvalue weighted by molar-refractivity contribution is 6.03. The Kier molecular flexibility index (Phi) is 10.8. The fourth-order valence-corrected chi connectivity index (χ4v) is 4.68. The van der Waals surface area contributed by atoms with Gasteiger partial charge in [0.2, 0.25) is 13.6 Å². The van der Waals surface area contributed by atoms with Gasteiger partial charge in [0, 0.05) is 69.3 Å². The molecule has 0 unspecified atom stereocenters. The van der Waals surface area contributed by atoms with Crippen molar-refractivity contribution in [3.05, 3.63) is 60.0 Å². The summed E-state index contributed by atoms with van der Waals surface area (Å²) in [6.45, 7) is 0.336. The summed E-state index contributed by atoms with van der Waals surface area (Å²) in [4.78, 5) is 55.2. The van der Waals surface area contributed by atoms with Crippen LogP contribution in [0.4, 0.5) is 11.4 Å². The van der Waals surface area contributed by atoms with Crippen molar-refractivity contribution in [1.29, 1.82) is 0 Å². The molecule has 1 aliphatic heterocycles. The van der Waals surface area contributed by atoms with Crippen LogP contribution in [0.1, 0.15) is 13.8 Å². The van der Waals surface area contributed by atoms with Crippen LogP contribution < -0.4 is 19.9 Å². The maximum absolute atomic E-state index is 12.7. The monoisotopic (exact) mass is 633 g/mol. The van der Waals surface area contributed by atoms with Crippen molar-refractivity contribution < 1.29 is 47.3 Å². The molecular weight excluding hydrogens is 598 g/mol. The third-order valence-corrected chi connectivity index (χ3v) is 6.88.